The fraction of sp³-hybridized carbons (Fsp3) is 0.143. The first-order valence-electron chi connectivity index (χ1n) is 5.63. The average Bonchev–Trinajstić information content (AvgIpc) is 2.93. The van der Waals surface area contributed by atoms with Gasteiger partial charge in [0.15, 0.2) is 0 Å². The second-order valence-electron chi connectivity index (χ2n) is 3.81. The van der Waals surface area contributed by atoms with Crippen LogP contribution in [0.2, 0.25) is 0 Å². The Balaban J connectivity index is 2.03. The second kappa shape index (κ2) is 6.03. The maximum absolute atomic E-state index is 12.0. The van der Waals surface area contributed by atoms with Gasteiger partial charge < -0.3 is 10.1 Å². The van der Waals surface area contributed by atoms with E-state index in [-0.39, 0.29) is 5.91 Å². The van der Waals surface area contributed by atoms with Crippen molar-refractivity contribution in [3.05, 3.63) is 51.7 Å². The Morgan fingerprint density at radius 3 is 3.05 bits per heavy atom. The minimum Gasteiger partial charge on any atom is -0.495 e. The molecular formula is C14H12N2O2S. The van der Waals surface area contributed by atoms with Gasteiger partial charge in [-0.1, -0.05) is 12.1 Å². The lowest BCUT2D eigenvalue weighted by Gasteiger charge is -2.05. The van der Waals surface area contributed by atoms with Crippen LogP contribution in [0, 0.1) is 11.3 Å². The number of benzene rings is 1. The Morgan fingerprint density at radius 2 is 2.32 bits per heavy atom. The van der Waals surface area contributed by atoms with Gasteiger partial charge in [0, 0.05) is 6.54 Å². The van der Waals surface area contributed by atoms with Gasteiger partial charge in [0.05, 0.1) is 18.7 Å². The Kier molecular flexibility index (Phi) is 4.16. The molecule has 1 amide bonds. The molecule has 0 aliphatic heterocycles. The van der Waals surface area contributed by atoms with Gasteiger partial charge in [-0.15, -0.1) is 11.3 Å². The number of hydrogen-bond donors (Lipinski definition) is 1. The molecule has 0 radical (unpaired) electrons. The van der Waals surface area contributed by atoms with Gasteiger partial charge in [-0.05, 0) is 29.1 Å². The summed E-state index contributed by atoms with van der Waals surface area (Å²) in [7, 11) is 1.54. The van der Waals surface area contributed by atoms with Gasteiger partial charge in [0.2, 0.25) is 0 Å². The van der Waals surface area contributed by atoms with E-state index in [9.17, 15) is 4.79 Å². The molecule has 0 unspecified atom stereocenters. The van der Waals surface area contributed by atoms with Crippen LogP contribution < -0.4 is 10.1 Å². The third-order valence-electron chi connectivity index (χ3n) is 2.56. The maximum Gasteiger partial charge on any atom is 0.265 e. The van der Waals surface area contributed by atoms with Crippen molar-refractivity contribution >= 4 is 17.2 Å². The molecule has 1 aromatic carbocycles. The first-order chi connectivity index (χ1) is 9.24. The zero-order valence-electron chi connectivity index (χ0n) is 10.3. The number of rotatable bonds is 4. The third kappa shape index (κ3) is 3.12. The number of carbonyl (C=O) groups is 1. The van der Waals surface area contributed by atoms with E-state index in [1.807, 2.05) is 11.4 Å². The summed E-state index contributed by atoms with van der Waals surface area (Å²) in [6, 6.07) is 11.0. The first kappa shape index (κ1) is 13.1. The van der Waals surface area contributed by atoms with Crippen LogP contribution in [0.4, 0.5) is 0 Å². The predicted octanol–water partition coefficient (Wildman–Crippen LogP) is 2.56. The standard InChI is InChI=1S/C14H12N2O2S/c1-18-12-5-6-19-13(12)14(17)16-9-11-4-2-3-10(7-11)8-15/h2-7H,9H2,1H3,(H,16,17). The number of thiophene rings is 1. The fourth-order valence-electron chi connectivity index (χ4n) is 1.64. The molecule has 1 heterocycles. The SMILES string of the molecule is COc1ccsc1C(=O)NCc1cccc(C#N)c1. The third-order valence-corrected chi connectivity index (χ3v) is 3.46. The highest BCUT2D eigenvalue weighted by molar-refractivity contribution is 7.12. The van der Waals surface area contributed by atoms with Crippen molar-refractivity contribution in [1.82, 2.24) is 5.32 Å². The van der Waals surface area contributed by atoms with Crippen LogP contribution in [-0.2, 0) is 6.54 Å². The summed E-state index contributed by atoms with van der Waals surface area (Å²) < 4.78 is 5.10. The zero-order valence-corrected chi connectivity index (χ0v) is 11.2. The number of nitriles is 1. The Bertz CT molecular complexity index is 628. The molecule has 0 bridgehead atoms. The zero-order chi connectivity index (χ0) is 13.7. The molecule has 19 heavy (non-hydrogen) atoms. The predicted molar refractivity (Wildman–Crippen MR) is 73.2 cm³/mol. The quantitative estimate of drug-likeness (QED) is 0.930. The summed E-state index contributed by atoms with van der Waals surface area (Å²) in [4.78, 5) is 12.5. The van der Waals surface area contributed by atoms with E-state index in [2.05, 4.69) is 11.4 Å². The van der Waals surface area contributed by atoms with E-state index >= 15 is 0 Å². The lowest BCUT2D eigenvalue weighted by molar-refractivity contribution is 0.0952. The molecule has 0 atom stereocenters. The van der Waals surface area contributed by atoms with Gasteiger partial charge >= 0.3 is 0 Å². The normalized spacial score (nSPS) is 9.68. The van der Waals surface area contributed by atoms with E-state index < -0.39 is 0 Å². The summed E-state index contributed by atoms with van der Waals surface area (Å²) in [5, 5.41) is 13.4. The maximum atomic E-state index is 12.0. The van der Waals surface area contributed by atoms with Crippen LogP contribution >= 0.6 is 11.3 Å². The topological polar surface area (TPSA) is 62.1 Å². The van der Waals surface area contributed by atoms with Crippen molar-refractivity contribution in [2.75, 3.05) is 7.11 Å². The molecule has 0 spiro atoms. The van der Waals surface area contributed by atoms with Crippen molar-refractivity contribution in [1.29, 1.82) is 5.26 Å². The molecule has 1 aromatic heterocycles. The first-order valence-corrected chi connectivity index (χ1v) is 6.51. The number of nitrogens with one attached hydrogen (secondary N) is 1. The molecule has 2 rings (SSSR count). The molecule has 0 saturated heterocycles. The fourth-order valence-corrected chi connectivity index (χ4v) is 2.41. The Labute approximate surface area is 115 Å². The van der Waals surface area contributed by atoms with E-state index in [4.69, 9.17) is 10.00 Å². The number of hydrogen-bond acceptors (Lipinski definition) is 4. The number of ether oxygens (including phenoxy) is 1. The highest BCUT2D eigenvalue weighted by atomic mass is 32.1. The minimum absolute atomic E-state index is 0.172. The smallest absolute Gasteiger partial charge is 0.265 e. The summed E-state index contributed by atoms with van der Waals surface area (Å²) in [6.45, 7) is 0.384. The van der Waals surface area contributed by atoms with Gasteiger partial charge in [-0.3, -0.25) is 4.79 Å². The molecule has 0 aliphatic rings. The van der Waals surface area contributed by atoms with Gasteiger partial charge in [-0.25, -0.2) is 0 Å². The Morgan fingerprint density at radius 1 is 1.47 bits per heavy atom. The lowest BCUT2D eigenvalue weighted by atomic mass is 10.1. The number of nitrogens with zero attached hydrogens (tertiary/aromatic N) is 1. The number of carbonyl (C=O) groups excluding carboxylic acids is 1. The molecule has 96 valence electrons. The molecule has 4 nitrogen and oxygen atoms in total. The van der Waals surface area contributed by atoms with Crippen LogP contribution in [0.1, 0.15) is 20.8 Å². The van der Waals surface area contributed by atoms with Gasteiger partial charge in [0.25, 0.3) is 5.91 Å². The van der Waals surface area contributed by atoms with Gasteiger partial charge in [0.1, 0.15) is 10.6 Å². The molecule has 1 N–H and O–H groups in total. The van der Waals surface area contributed by atoms with Crippen molar-refractivity contribution in [3.63, 3.8) is 0 Å². The molecule has 0 aliphatic carbocycles. The van der Waals surface area contributed by atoms with Crippen LogP contribution in [-0.4, -0.2) is 13.0 Å². The molecular weight excluding hydrogens is 260 g/mol. The van der Waals surface area contributed by atoms with Crippen molar-refractivity contribution in [2.24, 2.45) is 0 Å². The molecule has 5 heteroatoms. The highest BCUT2D eigenvalue weighted by Crippen LogP contribution is 2.24. The van der Waals surface area contributed by atoms with Gasteiger partial charge in [-0.2, -0.15) is 5.26 Å². The Hall–Kier alpha value is -2.32. The lowest BCUT2D eigenvalue weighted by Crippen LogP contribution is -2.22. The van der Waals surface area contributed by atoms with Crippen LogP contribution in [0.25, 0.3) is 0 Å². The van der Waals surface area contributed by atoms with E-state index in [1.165, 1.54) is 18.4 Å². The molecule has 0 saturated carbocycles. The highest BCUT2D eigenvalue weighted by Gasteiger charge is 2.13. The van der Waals surface area contributed by atoms with E-state index in [0.29, 0.717) is 22.7 Å². The van der Waals surface area contributed by atoms with Crippen molar-refractivity contribution in [2.45, 2.75) is 6.54 Å². The second-order valence-corrected chi connectivity index (χ2v) is 4.73. The summed E-state index contributed by atoms with van der Waals surface area (Å²) >= 11 is 1.34. The molecule has 2 aromatic rings. The van der Waals surface area contributed by atoms with Crippen molar-refractivity contribution in [3.8, 4) is 11.8 Å². The van der Waals surface area contributed by atoms with Crippen molar-refractivity contribution < 1.29 is 9.53 Å². The van der Waals surface area contributed by atoms with Crippen LogP contribution in [0.15, 0.2) is 35.7 Å². The van der Waals surface area contributed by atoms with Crippen LogP contribution in [0.3, 0.4) is 0 Å². The average molecular weight is 272 g/mol. The summed E-state index contributed by atoms with van der Waals surface area (Å²) in [5.74, 6) is 0.405. The summed E-state index contributed by atoms with van der Waals surface area (Å²) in [5.41, 5.74) is 1.48. The van der Waals surface area contributed by atoms with E-state index in [0.717, 1.165) is 5.56 Å². The monoisotopic (exact) mass is 272 g/mol. The number of amides is 1. The minimum atomic E-state index is -0.172. The number of methoxy groups -OCH3 is 1. The van der Waals surface area contributed by atoms with Crippen LogP contribution in [0.5, 0.6) is 5.75 Å². The molecule has 0 fully saturated rings. The largest absolute Gasteiger partial charge is 0.495 e. The van der Waals surface area contributed by atoms with E-state index in [1.54, 1.807) is 24.3 Å². The summed E-state index contributed by atoms with van der Waals surface area (Å²) in [6.07, 6.45) is 0.